The predicted octanol–water partition coefficient (Wildman–Crippen LogP) is 3.14. The number of amides is 3. The zero-order valence-electron chi connectivity index (χ0n) is 17.5. The van der Waals surface area contributed by atoms with Crippen LogP contribution in [0.2, 0.25) is 5.02 Å². The van der Waals surface area contributed by atoms with Gasteiger partial charge in [0.05, 0.1) is 12.5 Å². The summed E-state index contributed by atoms with van der Waals surface area (Å²) in [5.41, 5.74) is 2.38. The third kappa shape index (κ3) is 5.15. The zero-order valence-corrected chi connectivity index (χ0v) is 18.2. The van der Waals surface area contributed by atoms with Gasteiger partial charge in [0.15, 0.2) is 11.8 Å². The molecule has 0 fully saturated rings. The molecule has 3 N–H and O–H groups in total. The number of ketones is 1. The van der Waals surface area contributed by atoms with Gasteiger partial charge in [-0.15, -0.1) is 0 Å². The van der Waals surface area contributed by atoms with Crippen molar-refractivity contribution in [1.29, 1.82) is 0 Å². The number of benzene rings is 2. The number of aliphatic carboxylic acids is 1. The van der Waals surface area contributed by atoms with E-state index in [4.69, 9.17) is 11.6 Å². The van der Waals surface area contributed by atoms with Gasteiger partial charge >= 0.3 is 12.0 Å². The van der Waals surface area contributed by atoms with Gasteiger partial charge in [-0.25, -0.2) is 4.79 Å². The highest BCUT2D eigenvalue weighted by molar-refractivity contribution is 6.33. The number of carbonyl (C=O) groups excluding carboxylic acids is 3. The van der Waals surface area contributed by atoms with E-state index >= 15 is 0 Å². The first-order valence-corrected chi connectivity index (χ1v) is 10.2. The summed E-state index contributed by atoms with van der Waals surface area (Å²) in [6, 6.07) is 11.1. The minimum absolute atomic E-state index is 0.326. The van der Waals surface area contributed by atoms with Crippen LogP contribution in [0.25, 0.3) is 11.1 Å². The maximum atomic E-state index is 12.6. The Labute approximate surface area is 189 Å². The van der Waals surface area contributed by atoms with Crippen LogP contribution in [0.4, 0.5) is 4.79 Å². The van der Waals surface area contributed by atoms with Gasteiger partial charge < -0.3 is 20.6 Å². The summed E-state index contributed by atoms with van der Waals surface area (Å²) < 4.78 is 0. The van der Waals surface area contributed by atoms with Crippen molar-refractivity contribution < 1.29 is 24.3 Å². The number of hydrogen-bond acceptors (Lipinski definition) is 4. The van der Waals surface area contributed by atoms with E-state index in [2.05, 4.69) is 10.6 Å². The number of rotatable bonds is 6. The average molecular weight is 456 g/mol. The summed E-state index contributed by atoms with van der Waals surface area (Å²) in [7, 11) is 1.48. The second kappa shape index (κ2) is 9.65. The van der Waals surface area contributed by atoms with E-state index in [9.17, 15) is 24.3 Å². The van der Waals surface area contributed by atoms with Crippen molar-refractivity contribution >= 4 is 35.3 Å². The molecule has 1 aliphatic rings. The van der Waals surface area contributed by atoms with Crippen LogP contribution in [0.5, 0.6) is 0 Å². The van der Waals surface area contributed by atoms with Crippen molar-refractivity contribution in [3.8, 4) is 11.1 Å². The lowest BCUT2D eigenvalue weighted by molar-refractivity contribution is -0.138. The number of likely N-dealkylation sites (N-methyl/N-ethyl adjacent to an activating group) is 1. The molecule has 1 heterocycles. The Morgan fingerprint density at radius 3 is 2.56 bits per heavy atom. The average Bonchev–Trinajstić information content (AvgIpc) is 2.75. The molecule has 2 aromatic carbocycles. The second-order valence-corrected chi connectivity index (χ2v) is 7.84. The van der Waals surface area contributed by atoms with Gasteiger partial charge in [-0.1, -0.05) is 48.0 Å². The molecule has 1 aliphatic heterocycles. The predicted molar refractivity (Wildman–Crippen MR) is 119 cm³/mol. The van der Waals surface area contributed by atoms with E-state index < -0.39 is 42.2 Å². The van der Waals surface area contributed by atoms with Gasteiger partial charge in [0.1, 0.15) is 0 Å². The van der Waals surface area contributed by atoms with Crippen LogP contribution in [0, 0.1) is 0 Å². The SMILES string of the molecule is CC1=CN(C)C(=O)C(NC(=O)NC(CC(=O)O)c2cccc(-c3ccccc3Cl)c2)C1=O. The fourth-order valence-electron chi connectivity index (χ4n) is 3.46. The number of urea groups is 1. The van der Waals surface area contributed by atoms with Crippen molar-refractivity contribution in [3.05, 3.63) is 70.9 Å². The fraction of sp³-hybridized carbons (Fsp3) is 0.217. The van der Waals surface area contributed by atoms with Crippen molar-refractivity contribution in [3.63, 3.8) is 0 Å². The second-order valence-electron chi connectivity index (χ2n) is 7.43. The third-order valence-electron chi connectivity index (χ3n) is 5.07. The molecule has 2 atom stereocenters. The Hall–Kier alpha value is -3.65. The number of hydrogen-bond donors (Lipinski definition) is 3. The van der Waals surface area contributed by atoms with Crippen molar-refractivity contribution in [1.82, 2.24) is 15.5 Å². The van der Waals surface area contributed by atoms with E-state index in [1.54, 1.807) is 37.3 Å². The molecular formula is C23H22ClN3O5. The van der Waals surface area contributed by atoms with E-state index in [0.29, 0.717) is 16.2 Å². The molecule has 166 valence electrons. The smallest absolute Gasteiger partial charge is 0.316 e. The molecule has 3 rings (SSSR count). The maximum absolute atomic E-state index is 12.6. The molecule has 0 saturated carbocycles. The number of carboxylic acid groups (broad SMARTS) is 1. The minimum Gasteiger partial charge on any atom is -0.481 e. The summed E-state index contributed by atoms with van der Waals surface area (Å²) in [4.78, 5) is 49.9. The standard InChI is InChI=1S/C23H22ClN3O5/c1-13-12-27(2)22(31)20(21(13)30)26-23(32)25-18(11-19(28)29)15-7-5-6-14(10-15)16-8-3-4-9-17(16)24/h3-10,12,18,20H,11H2,1-2H3,(H,28,29)(H2,25,26,32). The Balaban J connectivity index is 1.83. The summed E-state index contributed by atoms with van der Waals surface area (Å²) in [6.07, 6.45) is 0.999. The molecule has 0 saturated heterocycles. The van der Waals surface area contributed by atoms with Crippen LogP contribution in [0.3, 0.4) is 0 Å². The highest BCUT2D eigenvalue weighted by atomic mass is 35.5. The number of nitrogens with one attached hydrogen (secondary N) is 2. The Kier molecular flexibility index (Phi) is 6.95. The first-order chi connectivity index (χ1) is 15.2. The van der Waals surface area contributed by atoms with E-state index in [1.165, 1.54) is 18.1 Å². The van der Waals surface area contributed by atoms with Gasteiger partial charge in [-0.2, -0.15) is 0 Å². The molecule has 0 aromatic heterocycles. The van der Waals surface area contributed by atoms with Gasteiger partial charge in [0.2, 0.25) is 0 Å². The van der Waals surface area contributed by atoms with Gasteiger partial charge in [-0.3, -0.25) is 14.4 Å². The van der Waals surface area contributed by atoms with Crippen LogP contribution in [-0.4, -0.2) is 46.8 Å². The lowest BCUT2D eigenvalue weighted by Gasteiger charge is -2.27. The van der Waals surface area contributed by atoms with Crippen molar-refractivity contribution in [2.45, 2.75) is 25.4 Å². The van der Waals surface area contributed by atoms with Gasteiger partial charge in [-0.05, 0) is 30.2 Å². The Bertz CT molecular complexity index is 1110. The van der Waals surface area contributed by atoms with Gasteiger partial charge in [0, 0.05) is 29.4 Å². The maximum Gasteiger partial charge on any atom is 0.316 e. The topological polar surface area (TPSA) is 116 Å². The third-order valence-corrected chi connectivity index (χ3v) is 5.40. The number of nitrogens with zero attached hydrogens (tertiary/aromatic N) is 1. The molecule has 9 heteroatoms. The first-order valence-electron chi connectivity index (χ1n) is 9.80. The zero-order chi connectivity index (χ0) is 23.4. The number of halogens is 1. The van der Waals surface area contributed by atoms with Crippen LogP contribution >= 0.6 is 11.6 Å². The molecule has 0 spiro atoms. The van der Waals surface area contributed by atoms with Crippen LogP contribution in [0.15, 0.2) is 60.3 Å². The van der Waals surface area contributed by atoms with Gasteiger partial charge in [0.25, 0.3) is 5.91 Å². The van der Waals surface area contributed by atoms with Crippen molar-refractivity contribution in [2.75, 3.05) is 7.05 Å². The normalized spacial score (nSPS) is 16.9. The fourth-order valence-corrected chi connectivity index (χ4v) is 3.71. The quantitative estimate of drug-likeness (QED) is 0.579. The first kappa shape index (κ1) is 23.0. The highest BCUT2D eigenvalue weighted by Gasteiger charge is 2.35. The van der Waals surface area contributed by atoms with Crippen LogP contribution in [0.1, 0.15) is 24.9 Å². The number of carbonyl (C=O) groups is 4. The molecular weight excluding hydrogens is 434 g/mol. The Morgan fingerprint density at radius 1 is 1.16 bits per heavy atom. The monoisotopic (exact) mass is 455 g/mol. The molecule has 2 unspecified atom stereocenters. The van der Waals surface area contributed by atoms with Crippen molar-refractivity contribution in [2.24, 2.45) is 0 Å². The Morgan fingerprint density at radius 2 is 1.88 bits per heavy atom. The minimum atomic E-state index is -1.37. The van der Waals surface area contributed by atoms with E-state index in [1.807, 2.05) is 18.2 Å². The number of carboxylic acids is 1. The molecule has 0 bridgehead atoms. The van der Waals surface area contributed by atoms with Crippen LogP contribution in [-0.2, 0) is 14.4 Å². The molecule has 32 heavy (non-hydrogen) atoms. The largest absolute Gasteiger partial charge is 0.481 e. The molecule has 8 nitrogen and oxygen atoms in total. The number of Topliss-reactive ketones (excluding diaryl/α,β-unsaturated/α-hetero) is 1. The molecule has 0 aliphatic carbocycles. The lowest BCUT2D eigenvalue weighted by atomic mass is 9.97. The van der Waals surface area contributed by atoms with E-state index in [-0.39, 0.29) is 0 Å². The lowest BCUT2D eigenvalue weighted by Crippen LogP contribution is -2.56. The van der Waals surface area contributed by atoms with E-state index in [0.717, 1.165) is 11.1 Å². The molecule has 2 aromatic rings. The highest BCUT2D eigenvalue weighted by Crippen LogP contribution is 2.30. The summed E-state index contributed by atoms with van der Waals surface area (Å²) in [5, 5.41) is 14.8. The summed E-state index contributed by atoms with van der Waals surface area (Å²) in [6.45, 7) is 1.55. The summed E-state index contributed by atoms with van der Waals surface area (Å²) >= 11 is 6.27. The summed E-state index contributed by atoms with van der Waals surface area (Å²) in [5.74, 6) is -2.22. The molecule has 3 amide bonds. The molecule has 0 radical (unpaired) electrons. The van der Waals surface area contributed by atoms with Crippen LogP contribution < -0.4 is 10.6 Å².